The van der Waals surface area contributed by atoms with Crippen LogP contribution in [0.3, 0.4) is 0 Å². The number of tetrazole rings is 1. The zero-order valence-electron chi connectivity index (χ0n) is 11.9. The number of para-hydroxylation sites is 1. The molecule has 12 nitrogen and oxygen atoms in total. The van der Waals surface area contributed by atoms with E-state index in [-0.39, 0.29) is 11.7 Å². The van der Waals surface area contributed by atoms with Crippen LogP contribution < -0.4 is 5.73 Å². The number of carbonyl (C=O) groups excluding carboxylic acids is 1. The Morgan fingerprint density at radius 2 is 2.04 bits per heavy atom. The summed E-state index contributed by atoms with van der Waals surface area (Å²) in [7, 11) is 0. The highest BCUT2D eigenvalue weighted by molar-refractivity contribution is 7.99. The van der Waals surface area contributed by atoms with Crippen LogP contribution in [0.25, 0.3) is 5.69 Å². The van der Waals surface area contributed by atoms with Crippen molar-refractivity contribution in [1.29, 1.82) is 0 Å². The number of hydrogen-bond donors (Lipinski definition) is 1. The second-order valence-corrected chi connectivity index (χ2v) is 5.32. The molecule has 0 fully saturated rings. The Hall–Kier alpha value is -3.35. The lowest BCUT2D eigenvalue weighted by molar-refractivity contribution is -0.394. The predicted octanol–water partition coefficient (Wildman–Crippen LogP) is -0.202. The molecule has 2 aromatic heterocycles. The number of nitro groups is 1. The molecule has 0 atom stereocenters. The van der Waals surface area contributed by atoms with E-state index in [1.165, 1.54) is 4.68 Å². The standard InChI is InChI=1S/C11H9N9O3S/c12-8(21)6-18-10(13-9(15-18)20(22)23)24-11-14-16-17-19(11)7-4-2-1-3-5-7/h1-5H,6H2,(H2,12,21). The molecule has 0 aliphatic heterocycles. The lowest BCUT2D eigenvalue weighted by Crippen LogP contribution is -2.20. The summed E-state index contributed by atoms with van der Waals surface area (Å²) in [4.78, 5) is 24.9. The fraction of sp³-hybridized carbons (Fsp3) is 0.0909. The summed E-state index contributed by atoms with van der Waals surface area (Å²) in [6.07, 6.45) is 0. The third kappa shape index (κ3) is 3.19. The van der Waals surface area contributed by atoms with E-state index in [2.05, 4.69) is 25.6 Å². The van der Waals surface area contributed by atoms with Crippen LogP contribution in [-0.2, 0) is 11.3 Å². The first-order valence-corrected chi connectivity index (χ1v) is 7.25. The van der Waals surface area contributed by atoms with Gasteiger partial charge in [0.1, 0.15) is 6.54 Å². The van der Waals surface area contributed by atoms with Crippen molar-refractivity contribution in [3.05, 3.63) is 40.4 Å². The molecule has 0 radical (unpaired) electrons. The van der Waals surface area contributed by atoms with E-state index in [9.17, 15) is 14.9 Å². The van der Waals surface area contributed by atoms with E-state index in [4.69, 9.17) is 5.73 Å². The number of hydrogen-bond acceptors (Lipinski definition) is 9. The third-order valence-corrected chi connectivity index (χ3v) is 3.64. The smallest absolute Gasteiger partial charge is 0.390 e. The minimum absolute atomic E-state index is 0.0764. The number of benzene rings is 1. The van der Waals surface area contributed by atoms with Gasteiger partial charge in [0, 0.05) is 16.9 Å². The molecule has 2 heterocycles. The largest absolute Gasteiger partial charge is 0.492 e. The van der Waals surface area contributed by atoms with Gasteiger partial charge < -0.3 is 15.8 Å². The molecule has 2 N–H and O–H groups in total. The fourth-order valence-electron chi connectivity index (χ4n) is 1.78. The maximum absolute atomic E-state index is 11.1. The molecular weight excluding hydrogens is 338 g/mol. The Labute approximate surface area is 137 Å². The Bertz CT molecular complexity index is 891. The van der Waals surface area contributed by atoms with E-state index in [0.29, 0.717) is 10.8 Å². The van der Waals surface area contributed by atoms with E-state index in [1.807, 2.05) is 18.2 Å². The van der Waals surface area contributed by atoms with Crippen molar-refractivity contribution in [2.45, 2.75) is 16.9 Å². The van der Waals surface area contributed by atoms with Gasteiger partial charge in [-0.25, -0.2) is 0 Å². The first kappa shape index (κ1) is 15.5. The molecule has 0 saturated carbocycles. The van der Waals surface area contributed by atoms with Gasteiger partial charge in [0.2, 0.25) is 11.1 Å². The summed E-state index contributed by atoms with van der Waals surface area (Å²) in [5.74, 6) is -1.35. The summed E-state index contributed by atoms with van der Waals surface area (Å²) >= 11 is 0.927. The van der Waals surface area contributed by atoms with Crippen LogP contribution in [0.1, 0.15) is 0 Å². The van der Waals surface area contributed by atoms with Crippen molar-refractivity contribution < 1.29 is 9.72 Å². The van der Waals surface area contributed by atoms with Crippen LogP contribution in [-0.4, -0.2) is 45.8 Å². The molecule has 0 aliphatic carbocycles. The Kier molecular flexibility index (Phi) is 4.15. The minimum atomic E-state index is -0.762. The van der Waals surface area contributed by atoms with Crippen molar-refractivity contribution in [2.24, 2.45) is 5.73 Å². The summed E-state index contributed by atoms with van der Waals surface area (Å²) in [6, 6.07) is 9.04. The SMILES string of the molecule is NC(=O)Cn1nc([N+](=O)[O-])nc1Sc1nnnn1-c1ccccc1. The number of aromatic nitrogens is 7. The topological polar surface area (TPSA) is 161 Å². The zero-order chi connectivity index (χ0) is 17.1. The van der Waals surface area contributed by atoms with Crippen LogP contribution in [0.2, 0.25) is 0 Å². The van der Waals surface area contributed by atoms with Crippen LogP contribution in [0, 0.1) is 10.1 Å². The molecular formula is C11H9N9O3S. The van der Waals surface area contributed by atoms with E-state index < -0.39 is 16.8 Å². The van der Waals surface area contributed by atoms with Gasteiger partial charge in [-0.3, -0.25) is 4.79 Å². The van der Waals surface area contributed by atoms with Gasteiger partial charge >= 0.3 is 5.95 Å². The monoisotopic (exact) mass is 347 g/mol. The second kappa shape index (κ2) is 6.41. The predicted molar refractivity (Wildman–Crippen MR) is 79.1 cm³/mol. The molecule has 3 aromatic rings. The van der Waals surface area contributed by atoms with Gasteiger partial charge in [0.05, 0.1) is 5.69 Å². The quantitative estimate of drug-likeness (QED) is 0.470. The zero-order valence-corrected chi connectivity index (χ0v) is 12.7. The van der Waals surface area contributed by atoms with Crippen LogP contribution in [0.5, 0.6) is 0 Å². The first-order valence-electron chi connectivity index (χ1n) is 6.44. The number of nitrogens with zero attached hydrogens (tertiary/aromatic N) is 8. The Morgan fingerprint density at radius 3 is 2.71 bits per heavy atom. The van der Waals surface area contributed by atoms with Gasteiger partial charge in [0.15, 0.2) is 0 Å². The lowest BCUT2D eigenvalue weighted by atomic mass is 10.3. The normalized spacial score (nSPS) is 10.7. The minimum Gasteiger partial charge on any atom is -0.390 e. The van der Waals surface area contributed by atoms with Crippen molar-refractivity contribution in [2.75, 3.05) is 0 Å². The highest BCUT2D eigenvalue weighted by Crippen LogP contribution is 2.26. The average molecular weight is 347 g/mol. The third-order valence-electron chi connectivity index (χ3n) is 2.72. The maximum atomic E-state index is 11.1. The lowest BCUT2D eigenvalue weighted by Gasteiger charge is -2.02. The molecule has 0 unspecified atom stereocenters. The van der Waals surface area contributed by atoms with Crippen molar-refractivity contribution in [3.63, 3.8) is 0 Å². The van der Waals surface area contributed by atoms with Gasteiger partial charge in [-0.05, 0) is 32.5 Å². The van der Waals surface area contributed by atoms with Crippen LogP contribution in [0.15, 0.2) is 40.6 Å². The number of carbonyl (C=O) groups is 1. The summed E-state index contributed by atoms with van der Waals surface area (Å²) < 4.78 is 2.47. The number of nitrogens with two attached hydrogens (primary N) is 1. The van der Waals surface area contributed by atoms with Crippen LogP contribution in [0.4, 0.5) is 5.95 Å². The van der Waals surface area contributed by atoms with Crippen molar-refractivity contribution >= 4 is 23.6 Å². The average Bonchev–Trinajstić information content (AvgIpc) is 3.16. The van der Waals surface area contributed by atoms with E-state index in [0.717, 1.165) is 16.4 Å². The molecule has 0 bridgehead atoms. The molecule has 0 aliphatic rings. The first-order chi connectivity index (χ1) is 11.5. The van der Waals surface area contributed by atoms with Crippen molar-refractivity contribution in [3.8, 4) is 5.69 Å². The molecule has 0 saturated heterocycles. The highest BCUT2D eigenvalue weighted by Gasteiger charge is 2.25. The van der Waals surface area contributed by atoms with Crippen LogP contribution >= 0.6 is 11.8 Å². The number of primary amides is 1. The molecule has 0 spiro atoms. The molecule has 3 rings (SSSR count). The molecule has 1 amide bonds. The molecule has 24 heavy (non-hydrogen) atoms. The van der Waals surface area contributed by atoms with Gasteiger partial charge in [-0.2, -0.15) is 9.36 Å². The second-order valence-electron chi connectivity index (χ2n) is 4.39. The Morgan fingerprint density at radius 1 is 1.29 bits per heavy atom. The summed E-state index contributed by atoms with van der Waals surface area (Å²) in [5, 5.41) is 26.2. The molecule has 122 valence electrons. The number of amides is 1. The fourth-order valence-corrected chi connectivity index (χ4v) is 2.58. The van der Waals surface area contributed by atoms with Crippen molar-refractivity contribution in [1.82, 2.24) is 35.0 Å². The number of rotatable bonds is 6. The summed E-state index contributed by atoms with van der Waals surface area (Å²) in [5.41, 5.74) is 5.82. The molecule has 13 heteroatoms. The van der Waals surface area contributed by atoms with Gasteiger partial charge in [-0.1, -0.05) is 18.2 Å². The maximum Gasteiger partial charge on any atom is 0.492 e. The van der Waals surface area contributed by atoms with E-state index in [1.54, 1.807) is 12.1 Å². The van der Waals surface area contributed by atoms with Gasteiger partial charge in [0.25, 0.3) is 5.16 Å². The Balaban J connectivity index is 1.96. The summed E-state index contributed by atoms with van der Waals surface area (Å²) in [6.45, 7) is -0.351. The molecule has 1 aromatic carbocycles. The van der Waals surface area contributed by atoms with E-state index >= 15 is 0 Å². The van der Waals surface area contributed by atoms with Gasteiger partial charge in [-0.15, -0.1) is 5.10 Å². The highest BCUT2D eigenvalue weighted by atomic mass is 32.2.